The predicted molar refractivity (Wildman–Crippen MR) is 93.0 cm³/mol. The molecule has 5 heteroatoms. The van der Waals surface area contributed by atoms with Crippen LogP contribution in [0.4, 0.5) is 0 Å². The summed E-state index contributed by atoms with van der Waals surface area (Å²) in [4.78, 5) is 6.56. The van der Waals surface area contributed by atoms with Crippen molar-refractivity contribution >= 4 is 11.3 Å². The molecule has 23 heavy (non-hydrogen) atoms. The number of aliphatic hydroxyl groups is 1. The van der Waals surface area contributed by atoms with Crippen LogP contribution in [0.5, 0.6) is 5.75 Å². The molecule has 0 aliphatic carbocycles. The lowest BCUT2D eigenvalue weighted by Crippen LogP contribution is -2.48. The van der Waals surface area contributed by atoms with Crippen LogP contribution in [0.15, 0.2) is 35.8 Å². The van der Waals surface area contributed by atoms with Gasteiger partial charge in [-0.15, -0.1) is 11.3 Å². The highest BCUT2D eigenvalue weighted by atomic mass is 32.1. The van der Waals surface area contributed by atoms with Gasteiger partial charge in [-0.05, 0) is 30.0 Å². The quantitative estimate of drug-likeness (QED) is 0.913. The van der Waals surface area contributed by atoms with Crippen LogP contribution in [-0.4, -0.2) is 40.3 Å². The van der Waals surface area contributed by atoms with E-state index in [2.05, 4.69) is 35.9 Å². The monoisotopic (exact) mass is 332 g/mol. The summed E-state index contributed by atoms with van der Waals surface area (Å²) in [5.41, 5.74) is 1.26. The van der Waals surface area contributed by atoms with E-state index in [-0.39, 0.29) is 6.10 Å². The number of aromatic nitrogens is 1. The molecule has 0 saturated carbocycles. The van der Waals surface area contributed by atoms with Crippen molar-refractivity contribution in [3.05, 3.63) is 46.4 Å². The maximum atomic E-state index is 10.4. The minimum atomic E-state index is -0.466. The second-order valence-corrected chi connectivity index (χ2v) is 7.38. The zero-order valence-electron chi connectivity index (χ0n) is 13.7. The lowest BCUT2D eigenvalue weighted by atomic mass is 10.0. The molecular weight excluding hydrogens is 308 g/mol. The van der Waals surface area contributed by atoms with Gasteiger partial charge in [-0.2, -0.15) is 0 Å². The fourth-order valence-electron chi connectivity index (χ4n) is 2.90. The number of piperidine rings is 1. The zero-order valence-corrected chi connectivity index (χ0v) is 14.5. The molecule has 1 fully saturated rings. The molecule has 2 heterocycles. The Balaban J connectivity index is 1.57. The van der Waals surface area contributed by atoms with Crippen LogP contribution in [0.25, 0.3) is 0 Å². The fourth-order valence-corrected chi connectivity index (χ4v) is 3.56. The summed E-state index contributed by atoms with van der Waals surface area (Å²) in [6, 6.07) is 8.19. The first kappa shape index (κ1) is 16.4. The van der Waals surface area contributed by atoms with E-state index in [1.165, 1.54) is 5.56 Å². The molecular formula is C18H24N2O2S. The molecule has 0 spiro atoms. The first-order chi connectivity index (χ1) is 11.1. The number of hydrogen-bond acceptors (Lipinski definition) is 5. The minimum absolute atomic E-state index is 0.134. The van der Waals surface area contributed by atoms with Crippen molar-refractivity contribution in [1.29, 1.82) is 0 Å². The van der Waals surface area contributed by atoms with Crippen molar-refractivity contribution in [1.82, 2.24) is 9.88 Å². The molecule has 124 valence electrons. The Morgan fingerprint density at radius 3 is 3.00 bits per heavy atom. The first-order valence-corrected chi connectivity index (χ1v) is 9.05. The average molecular weight is 332 g/mol. The van der Waals surface area contributed by atoms with Crippen LogP contribution in [0.1, 0.15) is 36.8 Å². The van der Waals surface area contributed by atoms with E-state index in [1.54, 1.807) is 11.3 Å². The molecule has 0 bridgehead atoms. The molecule has 0 amide bonds. The van der Waals surface area contributed by atoms with Gasteiger partial charge in [0.05, 0.1) is 6.54 Å². The first-order valence-electron chi connectivity index (χ1n) is 8.17. The highest BCUT2D eigenvalue weighted by Crippen LogP contribution is 2.24. The van der Waals surface area contributed by atoms with E-state index in [4.69, 9.17) is 4.74 Å². The number of aliphatic hydroxyl groups excluding tert-OH is 1. The molecule has 2 aromatic rings. The summed E-state index contributed by atoms with van der Waals surface area (Å²) >= 11 is 1.66. The molecule has 1 saturated heterocycles. The third-order valence-corrected chi connectivity index (χ3v) is 5.02. The van der Waals surface area contributed by atoms with Gasteiger partial charge in [0.25, 0.3) is 0 Å². The van der Waals surface area contributed by atoms with Crippen LogP contribution in [0, 0.1) is 0 Å². The number of hydrogen-bond donors (Lipinski definition) is 1. The fraction of sp³-hybridized carbons (Fsp3) is 0.500. The maximum absolute atomic E-state index is 10.4. The normalized spacial score (nSPS) is 22.4. The van der Waals surface area contributed by atoms with Gasteiger partial charge < -0.3 is 9.84 Å². The van der Waals surface area contributed by atoms with Gasteiger partial charge in [0.2, 0.25) is 0 Å². The molecule has 4 nitrogen and oxygen atoms in total. The van der Waals surface area contributed by atoms with Gasteiger partial charge in [0.15, 0.2) is 0 Å². The number of nitrogens with zero attached hydrogens (tertiary/aromatic N) is 2. The van der Waals surface area contributed by atoms with E-state index in [9.17, 15) is 5.11 Å². The van der Waals surface area contributed by atoms with Crippen LogP contribution in [0.2, 0.25) is 0 Å². The van der Waals surface area contributed by atoms with Crippen molar-refractivity contribution in [2.45, 2.75) is 44.9 Å². The Morgan fingerprint density at radius 2 is 2.30 bits per heavy atom. The Morgan fingerprint density at radius 1 is 1.43 bits per heavy atom. The van der Waals surface area contributed by atoms with Crippen LogP contribution in [0.3, 0.4) is 0 Å². The van der Waals surface area contributed by atoms with Gasteiger partial charge in [0.1, 0.15) is 23.0 Å². The number of benzene rings is 1. The number of likely N-dealkylation sites (tertiary alicyclic amines) is 1. The lowest BCUT2D eigenvalue weighted by Gasteiger charge is -2.35. The summed E-state index contributed by atoms with van der Waals surface area (Å²) in [6.07, 6.45) is 2.06. The molecule has 1 aromatic heterocycles. The van der Waals surface area contributed by atoms with Crippen molar-refractivity contribution < 1.29 is 9.84 Å². The Kier molecular flexibility index (Phi) is 5.30. The molecule has 3 rings (SSSR count). The molecule has 1 N–H and O–H groups in total. The van der Waals surface area contributed by atoms with Gasteiger partial charge in [0, 0.05) is 24.7 Å². The van der Waals surface area contributed by atoms with E-state index in [1.807, 2.05) is 23.7 Å². The second-order valence-electron chi connectivity index (χ2n) is 6.40. The molecule has 1 aromatic carbocycles. The molecule has 1 aliphatic rings. The smallest absolute Gasteiger partial charge is 0.127 e. The number of β-amino-alcohol motifs (C(OH)–C–C–N with tert-alkyl or cyclic N) is 1. The van der Waals surface area contributed by atoms with E-state index >= 15 is 0 Å². The largest absolute Gasteiger partial charge is 0.488 e. The van der Waals surface area contributed by atoms with Crippen LogP contribution in [-0.2, 0) is 6.54 Å². The topological polar surface area (TPSA) is 45.6 Å². The van der Waals surface area contributed by atoms with Gasteiger partial charge in [-0.25, -0.2) is 4.98 Å². The van der Waals surface area contributed by atoms with Gasteiger partial charge in [-0.1, -0.05) is 26.0 Å². The highest BCUT2D eigenvalue weighted by Gasteiger charge is 2.29. The molecule has 1 aliphatic heterocycles. The minimum Gasteiger partial charge on any atom is -0.488 e. The number of rotatable bonds is 5. The standard InChI is InChI=1S/C18H24N2O2S/c1-13(2)14-4-3-5-15(10-14)22-17-6-8-20(11-16(17)21)12-18-19-7-9-23-18/h3-5,7,9-10,13,16-17,21H,6,8,11-12H2,1-2H3/t16-,17-/m1/s1. The summed E-state index contributed by atoms with van der Waals surface area (Å²) in [6.45, 7) is 6.71. The zero-order chi connectivity index (χ0) is 16.2. The van der Waals surface area contributed by atoms with Crippen molar-refractivity contribution in [2.24, 2.45) is 0 Å². The highest BCUT2D eigenvalue weighted by molar-refractivity contribution is 7.09. The van der Waals surface area contributed by atoms with Crippen LogP contribution >= 0.6 is 11.3 Å². The summed E-state index contributed by atoms with van der Waals surface area (Å²) in [7, 11) is 0. The molecule has 0 radical (unpaired) electrons. The summed E-state index contributed by atoms with van der Waals surface area (Å²) in [5, 5.41) is 13.5. The van der Waals surface area contributed by atoms with Crippen molar-refractivity contribution in [3.63, 3.8) is 0 Å². The molecule has 0 unspecified atom stereocenters. The van der Waals surface area contributed by atoms with E-state index in [0.717, 1.165) is 30.3 Å². The Labute approximate surface area is 141 Å². The SMILES string of the molecule is CC(C)c1cccc(O[C@@H]2CCN(Cc3nccs3)C[C@H]2O)c1. The van der Waals surface area contributed by atoms with Gasteiger partial charge in [-0.3, -0.25) is 4.90 Å². The maximum Gasteiger partial charge on any atom is 0.127 e. The average Bonchev–Trinajstić information content (AvgIpc) is 3.03. The second kappa shape index (κ2) is 7.43. The molecule has 2 atom stereocenters. The van der Waals surface area contributed by atoms with Crippen molar-refractivity contribution in [3.8, 4) is 5.75 Å². The van der Waals surface area contributed by atoms with Crippen molar-refractivity contribution in [2.75, 3.05) is 13.1 Å². The third-order valence-electron chi connectivity index (χ3n) is 4.26. The van der Waals surface area contributed by atoms with Gasteiger partial charge >= 0.3 is 0 Å². The number of thiazole rings is 1. The Hall–Kier alpha value is -1.43. The van der Waals surface area contributed by atoms with E-state index < -0.39 is 6.10 Å². The predicted octanol–water partition coefficient (Wildman–Crippen LogP) is 3.28. The number of ether oxygens (including phenoxy) is 1. The summed E-state index contributed by atoms with van der Waals surface area (Å²) in [5.74, 6) is 1.33. The third kappa shape index (κ3) is 4.31. The Bertz CT molecular complexity index is 615. The lowest BCUT2D eigenvalue weighted by molar-refractivity contribution is -0.0275. The van der Waals surface area contributed by atoms with Crippen LogP contribution < -0.4 is 4.74 Å². The summed E-state index contributed by atoms with van der Waals surface area (Å²) < 4.78 is 6.05. The van der Waals surface area contributed by atoms with E-state index in [0.29, 0.717) is 12.5 Å².